The Morgan fingerprint density at radius 2 is 1.86 bits per heavy atom. The summed E-state index contributed by atoms with van der Waals surface area (Å²) in [5.74, 6) is -1.54. The SMILES string of the molecule is Fc1cccc(CN2CCOC(c3ccccc3)C2)c1F. The molecule has 0 saturated carbocycles. The van der Waals surface area contributed by atoms with Crippen LogP contribution in [-0.2, 0) is 11.3 Å². The third kappa shape index (κ3) is 3.28. The third-order valence-corrected chi connectivity index (χ3v) is 3.75. The predicted octanol–water partition coefficient (Wildman–Crippen LogP) is 3.54. The number of rotatable bonds is 3. The molecule has 21 heavy (non-hydrogen) atoms. The zero-order chi connectivity index (χ0) is 14.7. The lowest BCUT2D eigenvalue weighted by atomic mass is 10.1. The van der Waals surface area contributed by atoms with Crippen molar-refractivity contribution in [1.82, 2.24) is 4.90 Å². The van der Waals surface area contributed by atoms with Gasteiger partial charge >= 0.3 is 0 Å². The highest BCUT2D eigenvalue weighted by molar-refractivity contribution is 5.20. The Bertz CT molecular complexity index is 603. The van der Waals surface area contributed by atoms with Gasteiger partial charge in [-0.15, -0.1) is 0 Å². The number of nitrogens with zero attached hydrogens (tertiary/aromatic N) is 1. The van der Waals surface area contributed by atoms with Crippen LogP contribution in [0.1, 0.15) is 17.2 Å². The first kappa shape index (κ1) is 14.2. The fourth-order valence-corrected chi connectivity index (χ4v) is 2.63. The molecule has 0 spiro atoms. The van der Waals surface area contributed by atoms with Crippen molar-refractivity contribution in [1.29, 1.82) is 0 Å². The van der Waals surface area contributed by atoms with E-state index in [-0.39, 0.29) is 6.10 Å². The summed E-state index contributed by atoms with van der Waals surface area (Å²) in [5, 5.41) is 0. The molecule has 1 saturated heterocycles. The molecule has 1 aliphatic heterocycles. The average molecular weight is 289 g/mol. The summed E-state index contributed by atoms with van der Waals surface area (Å²) in [6.45, 7) is 2.39. The Kier molecular flexibility index (Phi) is 4.27. The molecule has 0 bridgehead atoms. The van der Waals surface area contributed by atoms with Crippen LogP contribution in [0, 0.1) is 11.6 Å². The maximum Gasteiger partial charge on any atom is 0.163 e. The lowest BCUT2D eigenvalue weighted by molar-refractivity contribution is -0.0332. The van der Waals surface area contributed by atoms with E-state index in [4.69, 9.17) is 4.74 Å². The molecule has 1 fully saturated rings. The summed E-state index contributed by atoms with van der Waals surface area (Å²) in [7, 11) is 0. The van der Waals surface area contributed by atoms with Crippen molar-refractivity contribution < 1.29 is 13.5 Å². The molecule has 2 nitrogen and oxygen atoms in total. The van der Waals surface area contributed by atoms with Gasteiger partial charge in [0.2, 0.25) is 0 Å². The number of morpholine rings is 1. The number of hydrogen-bond acceptors (Lipinski definition) is 2. The fourth-order valence-electron chi connectivity index (χ4n) is 2.63. The van der Waals surface area contributed by atoms with E-state index in [2.05, 4.69) is 4.90 Å². The molecular formula is C17H17F2NO. The molecule has 0 amide bonds. The highest BCUT2D eigenvalue weighted by Crippen LogP contribution is 2.23. The van der Waals surface area contributed by atoms with Crippen LogP contribution in [0.5, 0.6) is 0 Å². The van der Waals surface area contributed by atoms with Gasteiger partial charge in [0, 0.05) is 25.2 Å². The van der Waals surface area contributed by atoms with Crippen molar-refractivity contribution in [2.75, 3.05) is 19.7 Å². The summed E-state index contributed by atoms with van der Waals surface area (Å²) in [5.41, 5.74) is 1.51. The molecule has 2 aromatic rings. The summed E-state index contributed by atoms with van der Waals surface area (Å²) >= 11 is 0. The Morgan fingerprint density at radius 1 is 1.05 bits per heavy atom. The van der Waals surface area contributed by atoms with Gasteiger partial charge < -0.3 is 4.74 Å². The average Bonchev–Trinajstić information content (AvgIpc) is 2.53. The first-order valence-electron chi connectivity index (χ1n) is 7.06. The van der Waals surface area contributed by atoms with Crippen LogP contribution in [-0.4, -0.2) is 24.6 Å². The molecular weight excluding hydrogens is 272 g/mol. The molecule has 0 aromatic heterocycles. The quantitative estimate of drug-likeness (QED) is 0.857. The Morgan fingerprint density at radius 3 is 2.67 bits per heavy atom. The van der Waals surface area contributed by atoms with E-state index >= 15 is 0 Å². The molecule has 3 rings (SSSR count). The molecule has 110 valence electrons. The van der Waals surface area contributed by atoms with Gasteiger partial charge in [-0.3, -0.25) is 4.90 Å². The maximum atomic E-state index is 13.7. The number of halogens is 2. The van der Waals surface area contributed by atoms with Crippen LogP contribution in [0.4, 0.5) is 8.78 Å². The van der Waals surface area contributed by atoms with Crippen LogP contribution >= 0.6 is 0 Å². The van der Waals surface area contributed by atoms with Crippen molar-refractivity contribution >= 4 is 0 Å². The van der Waals surface area contributed by atoms with Gasteiger partial charge in [-0.2, -0.15) is 0 Å². The number of benzene rings is 2. The van der Waals surface area contributed by atoms with E-state index in [9.17, 15) is 8.78 Å². The van der Waals surface area contributed by atoms with Crippen LogP contribution in [0.25, 0.3) is 0 Å². The van der Waals surface area contributed by atoms with Crippen molar-refractivity contribution in [3.63, 3.8) is 0 Å². The van der Waals surface area contributed by atoms with Crippen molar-refractivity contribution in [3.8, 4) is 0 Å². The van der Waals surface area contributed by atoms with E-state index < -0.39 is 11.6 Å². The second kappa shape index (κ2) is 6.33. The molecule has 1 aliphatic rings. The Hall–Kier alpha value is -1.78. The predicted molar refractivity (Wildman–Crippen MR) is 76.8 cm³/mol. The molecule has 2 aromatic carbocycles. The standard InChI is InChI=1S/C17H17F2NO/c18-15-8-4-7-14(17(15)19)11-20-9-10-21-16(12-20)13-5-2-1-3-6-13/h1-8,16H,9-12H2. The normalized spacial score (nSPS) is 19.6. The van der Waals surface area contributed by atoms with Gasteiger partial charge in [0.1, 0.15) is 0 Å². The lowest BCUT2D eigenvalue weighted by Gasteiger charge is -2.33. The first-order chi connectivity index (χ1) is 10.2. The Balaban J connectivity index is 1.70. The molecule has 4 heteroatoms. The van der Waals surface area contributed by atoms with Gasteiger partial charge in [-0.1, -0.05) is 42.5 Å². The molecule has 0 radical (unpaired) electrons. The van der Waals surface area contributed by atoms with Crippen LogP contribution in [0.2, 0.25) is 0 Å². The highest BCUT2D eigenvalue weighted by atomic mass is 19.2. The van der Waals surface area contributed by atoms with Crippen LogP contribution in [0.3, 0.4) is 0 Å². The van der Waals surface area contributed by atoms with Gasteiger partial charge in [0.25, 0.3) is 0 Å². The summed E-state index contributed by atoms with van der Waals surface area (Å²) in [6.07, 6.45) is -0.0171. The molecule has 1 unspecified atom stereocenters. The van der Waals surface area contributed by atoms with Crippen LogP contribution < -0.4 is 0 Å². The van der Waals surface area contributed by atoms with Crippen molar-refractivity contribution in [3.05, 3.63) is 71.3 Å². The van der Waals surface area contributed by atoms with E-state index in [1.807, 2.05) is 30.3 Å². The van der Waals surface area contributed by atoms with Crippen molar-refractivity contribution in [2.45, 2.75) is 12.6 Å². The van der Waals surface area contributed by atoms with Gasteiger partial charge in [0.15, 0.2) is 11.6 Å². The minimum Gasteiger partial charge on any atom is -0.371 e. The second-order valence-electron chi connectivity index (χ2n) is 5.22. The van der Waals surface area contributed by atoms with E-state index in [0.717, 1.165) is 18.2 Å². The van der Waals surface area contributed by atoms with Crippen LogP contribution in [0.15, 0.2) is 48.5 Å². The smallest absolute Gasteiger partial charge is 0.163 e. The molecule has 0 aliphatic carbocycles. The second-order valence-corrected chi connectivity index (χ2v) is 5.22. The fraction of sp³-hybridized carbons (Fsp3) is 0.294. The first-order valence-corrected chi connectivity index (χ1v) is 7.06. The molecule has 0 N–H and O–H groups in total. The largest absolute Gasteiger partial charge is 0.371 e. The molecule has 1 heterocycles. The third-order valence-electron chi connectivity index (χ3n) is 3.75. The summed E-state index contributed by atoms with van der Waals surface area (Å²) < 4.78 is 32.8. The summed E-state index contributed by atoms with van der Waals surface area (Å²) in [4.78, 5) is 2.10. The van der Waals surface area contributed by atoms with Crippen molar-refractivity contribution in [2.24, 2.45) is 0 Å². The monoisotopic (exact) mass is 289 g/mol. The van der Waals surface area contributed by atoms with Gasteiger partial charge in [0.05, 0.1) is 12.7 Å². The zero-order valence-electron chi connectivity index (χ0n) is 11.6. The lowest BCUT2D eigenvalue weighted by Crippen LogP contribution is -2.38. The zero-order valence-corrected chi connectivity index (χ0v) is 11.6. The van der Waals surface area contributed by atoms with E-state index in [0.29, 0.717) is 25.3 Å². The van der Waals surface area contributed by atoms with Gasteiger partial charge in [-0.25, -0.2) is 8.78 Å². The maximum absolute atomic E-state index is 13.7. The Labute approximate surface area is 123 Å². The highest BCUT2D eigenvalue weighted by Gasteiger charge is 2.22. The minimum atomic E-state index is -0.791. The van der Waals surface area contributed by atoms with E-state index in [1.54, 1.807) is 12.1 Å². The number of hydrogen-bond donors (Lipinski definition) is 0. The minimum absolute atomic E-state index is 0.0171. The topological polar surface area (TPSA) is 12.5 Å². The summed E-state index contributed by atoms with van der Waals surface area (Å²) in [6, 6.07) is 14.3. The molecule has 1 atom stereocenters. The van der Waals surface area contributed by atoms with Gasteiger partial charge in [-0.05, 0) is 11.6 Å². The van der Waals surface area contributed by atoms with E-state index in [1.165, 1.54) is 0 Å². The number of ether oxygens (including phenoxy) is 1.